The number of ether oxygens (including phenoxy) is 1. The van der Waals surface area contributed by atoms with Crippen molar-refractivity contribution in [1.82, 2.24) is 9.80 Å². The molecule has 3 fully saturated rings. The van der Waals surface area contributed by atoms with Gasteiger partial charge in [0.05, 0.1) is 23.9 Å². The lowest BCUT2D eigenvalue weighted by Gasteiger charge is -2.50. The van der Waals surface area contributed by atoms with Gasteiger partial charge in [0, 0.05) is 25.9 Å². The Morgan fingerprint density at radius 2 is 1.74 bits per heavy atom. The first kappa shape index (κ1) is 21.1. The van der Waals surface area contributed by atoms with Gasteiger partial charge in [0.1, 0.15) is 6.61 Å². The zero-order valence-electron chi connectivity index (χ0n) is 17.5. The number of hydrogen-bond acceptors (Lipinski definition) is 5. The fourth-order valence-electron chi connectivity index (χ4n) is 4.87. The van der Waals surface area contributed by atoms with Crippen LogP contribution in [0.5, 0.6) is 0 Å². The Morgan fingerprint density at radius 1 is 1.04 bits per heavy atom. The Balaban J connectivity index is 1.41. The highest BCUT2D eigenvalue weighted by molar-refractivity contribution is 5.04. The molecule has 27 heavy (non-hydrogen) atoms. The van der Waals surface area contributed by atoms with Crippen molar-refractivity contribution in [2.24, 2.45) is 5.41 Å². The largest absolute Gasteiger partial charge is 0.393 e. The molecule has 0 bridgehead atoms. The van der Waals surface area contributed by atoms with E-state index in [1.165, 1.54) is 25.7 Å². The maximum atomic E-state index is 10.4. The third-order valence-corrected chi connectivity index (χ3v) is 6.41. The SMILES string of the molecule is CC(C)(C)OCC#CCN1CCCC2(CCN(CC3(O)CC(O)C3)CC2)C1. The van der Waals surface area contributed by atoms with Crippen LogP contribution in [0.4, 0.5) is 0 Å². The van der Waals surface area contributed by atoms with Crippen LogP contribution in [0.3, 0.4) is 0 Å². The van der Waals surface area contributed by atoms with Gasteiger partial charge in [-0.2, -0.15) is 0 Å². The second kappa shape index (κ2) is 8.39. The zero-order valence-corrected chi connectivity index (χ0v) is 17.5. The molecule has 0 unspecified atom stereocenters. The van der Waals surface area contributed by atoms with Crippen molar-refractivity contribution in [3.8, 4) is 11.8 Å². The predicted molar refractivity (Wildman–Crippen MR) is 107 cm³/mol. The van der Waals surface area contributed by atoms with Crippen LogP contribution in [-0.2, 0) is 4.74 Å². The smallest absolute Gasteiger partial charge is 0.108 e. The minimum Gasteiger partial charge on any atom is -0.393 e. The van der Waals surface area contributed by atoms with E-state index in [0.29, 0.717) is 24.9 Å². The summed E-state index contributed by atoms with van der Waals surface area (Å²) >= 11 is 0. The predicted octanol–water partition coefficient (Wildman–Crippen LogP) is 1.87. The summed E-state index contributed by atoms with van der Waals surface area (Å²) in [7, 11) is 0. The average molecular weight is 379 g/mol. The van der Waals surface area contributed by atoms with Gasteiger partial charge in [0.2, 0.25) is 0 Å². The summed E-state index contributed by atoms with van der Waals surface area (Å²) in [5.41, 5.74) is -0.337. The lowest BCUT2D eigenvalue weighted by atomic mass is 9.71. The molecule has 5 heteroatoms. The van der Waals surface area contributed by atoms with Crippen LogP contribution in [0, 0.1) is 17.3 Å². The first-order valence-corrected chi connectivity index (χ1v) is 10.6. The number of rotatable bonds is 4. The second-order valence-electron chi connectivity index (χ2n) is 10.1. The summed E-state index contributed by atoms with van der Waals surface area (Å²) in [5.74, 6) is 6.45. The number of likely N-dealkylation sites (tertiary alicyclic amines) is 2. The van der Waals surface area contributed by atoms with Crippen LogP contribution >= 0.6 is 0 Å². The molecule has 0 amide bonds. The van der Waals surface area contributed by atoms with Gasteiger partial charge in [0.25, 0.3) is 0 Å². The molecule has 2 heterocycles. The van der Waals surface area contributed by atoms with E-state index >= 15 is 0 Å². The molecule has 0 atom stereocenters. The fraction of sp³-hybridized carbons (Fsp3) is 0.909. The van der Waals surface area contributed by atoms with Crippen molar-refractivity contribution in [2.45, 2.75) is 76.6 Å². The molecule has 154 valence electrons. The van der Waals surface area contributed by atoms with E-state index in [-0.39, 0.29) is 11.7 Å². The van der Waals surface area contributed by atoms with Crippen LogP contribution in [0.2, 0.25) is 0 Å². The summed E-state index contributed by atoms with van der Waals surface area (Å²) in [6, 6.07) is 0. The second-order valence-corrected chi connectivity index (χ2v) is 10.1. The summed E-state index contributed by atoms with van der Waals surface area (Å²) < 4.78 is 5.67. The minimum atomic E-state index is -0.646. The molecule has 1 aliphatic carbocycles. The van der Waals surface area contributed by atoms with E-state index in [4.69, 9.17) is 4.74 Å². The van der Waals surface area contributed by atoms with Crippen molar-refractivity contribution < 1.29 is 14.9 Å². The van der Waals surface area contributed by atoms with Crippen molar-refractivity contribution >= 4 is 0 Å². The van der Waals surface area contributed by atoms with Crippen molar-refractivity contribution in [1.29, 1.82) is 0 Å². The molecule has 2 N–H and O–H groups in total. The number of β-amino-alcohol motifs (C(OH)–C–C–N with tert-alkyl or cyclic N) is 1. The van der Waals surface area contributed by atoms with Crippen LogP contribution < -0.4 is 0 Å². The first-order valence-electron chi connectivity index (χ1n) is 10.6. The molecular weight excluding hydrogens is 340 g/mol. The molecule has 0 aromatic carbocycles. The van der Waals surface area contributed by atoms with E-state index in [1.807, 2.05) is 0 Å². The van der Waals surface area contributed by atoms with E-state index in [9.17, 15) is 10.2 Å². The molecule has 0 aromatic heterocycles. The molecule has 2 saturated heterocycles. The van der Waals surface area contributed by atoms with Crippen molar-refractivity contribution in [2.75, 3.05) is 45.9 Å². The van der Waals surface area contributed by atoms with Crippen LogP contribution in [0.25, 0.3) is 0 Å². The number of aliphatic hydroxyl groups is 2. The topological polar surface area (TPSA) is 56.2 Å². The summed E-state index contributed by atoms with van der Waals surface area (Å²) in [6.45, 7) is 12.7. The Labute approximate surface area is 165 Å². The highest BCUT2D eigenvalue weighted by Gasteiger charge is 2.45. The van der Waals surface area contributed by atoms with Gasteiger partial charge in [-0.1, -0.05) is 11.8 Å². The van der Waals surface area contributed by atoms with Gasteiger partial charge < -0.3 is 19.8 Å². The molecule has 1 spiro atoms. The van der Waals surface area contributed by atoms with Crippen LogP contribution in [-0.4, -0.2) is 83.2 Å². The van der Waals surface area contributed by atoms with E-state index in [2.05, 4.69) is 42.4 Å². The average Bonchev–Trinajstić information content (AvgIpc) is 2.55. The number of piperidine rings is 2. The highest BCUT2D eigenvalue weighted by atomic mass is 16.5. The van der Waals surface area contributed by atoms with Gasteiger partial charge in [0.15, 0.2) is 0 Å². The van der Waals surface area contributed by atoms with Gasteiger partial charge in [-0.15, -0.1) is 0 Å². The Hall–Kier alpha value is -0.640. The third-order valence-electron chi connectivity index (χ3n) is 6.41. The van der Waals surface area contributed by atoms with Crippen molar-refractivity contribution in [3.63, 3.8) is 0 Å². The number of aliphatic hydroxyl groups excluding tert-OH is 1. The molecule has 3 aliphatic rings. The van der Waals surface area contributed by atoms with E-state index in [0.717, 1.165) is 39.3 Å². The molecule has 2 aliphatic heterocycles. The quantitative estimate of drug-likeness (QED) is 0.732. The Kier molecular flexibility index (Phi) is 6.55. The van der Waals surface area contributed by atoms with E-state index < -0.39 is 5.60 Å². The normalized spacial score (nSPS) is 32.0. The molecule has 0 aromatic rings. The van der Waals surface area contributed by atoms with Gasteiger partial charge in [-0.05, 0) is 71.5 Å². The lowest BCUT2D eigenvalue weighted by Crippen LogP contribution is -2.57. The summed E-state index contributed by atoms with van der Waals surface area (Å²) in [4.78, 5) is 4.92. The number of nitrogens with zero attached hydrogens (tertiary/aromatic N) is 2. The minimum absolute atomic E-state index is 0.122. The summed E-state index contributed by atoms with van der Waals surface area (Å²) in [6.07, 6.45) is 5.79. The monoisotopic (exact) mass is 378 g/mol. The van der Waals surface area contributed by atoms with Gasteiger partial charge in [-0.3, -0.25) is 4.90 Å². The summed E-state index contributed by atoms with van der Waals surface area (Å²) in [5, 5.41) is 19.9. The Bertz CT molecular complexity index is 546. The van der Waals surface area contributed by atoms with E-state index in [1.54, 1.807) is 0 Å². The molecular formula is C22H38N2O3. The Morgan fingerprint density at radius 3 is 2.37 bits per heavy atom. The standard InChI is InChI=1S/C22H38N2O3/c1-20(2,3)27-14-5-4-10-23-11-6-7-21(17-23)8-12-24(13-9-21)18-22(26)15-19(25)16-22/h19,25-26H,6-18H2,1-3H3. The van der Waals surface area contributed by atoms with Gasteiger partial charge >= 0.3 is 0 Å². The fourth-order valence-corrected chi connectivity index (χ4v) is 4.87. The van der Waals surface area contributed by atoms with Crippen molar-refractivity contribution in [3.05, 3.63) is 0 Å². The highest BCUT2D eigenvalue weighted by Crippen LogP contribution is 2.41. The first-order chi connectivity index (χ1) is 12.7. The van der Waals surface area contributed by atoms with Crippen LogP contribution in [0.1, 0.15) is 59.3 Å². The molecule has 0 radical (unpaired) electrons. The molecule has 5 nitrogen and oxygen atoms in total. The lowest BCUT2D eigenvalue weighted by molar-refractivity contribution is -0.132. The van der Waals surface area contributed by atoms with Gasteiger partial charge in [-0.25, -0.2) is 0 Å². The third kappa shape index (κ3) is 6.17. The maximum Gasteiger partial charge on any atom is 0.108 e. The molecule has 3 rings (SSSR count). The molecule has 1 saturated carbocycles. The van der Waals surface area contributed by atoms with Crippen LogP contribution in [0.15, 0.2) is 0 Å². The zero-order chi connectivity index (χ0) is 19.5. The maximum absolute atomic E-state index is 10.4. The number of hydrogen-bond donors (Lipinski definition) is 2.